The molecule has 45 heavy (non-hydrogen) atoms. The first-order valence-corrected chi connectivity index (χ1v) is 18.1. The van der Waals surface area contributed by atoms with Crippen LogP contribution in [0.2, 0.25) is 0 Å². The minimum absolute atomic E-state index is 0.00380. The molecular weight excluding hydrogens is 588 g/mol. The topological polar surface area (TPSA) is 109 Å². The van der Waals surface area contributed by atoms with E-state index in [1.165, 1.54) is 12.0 Å². The number of nitrogens with zero attached hydrogens (tertiary/aromatic N) is 3. The third kappa shape index (κ3) is 5.69. The molecule has 0 unspecified atom stereocenters. The summed E-state index contributed by atoms with van der Waals surface area (Å²) in [4.78, 5) is 43.5. The van der Waals surface area contributed by atoms with Gasteiger partial charge in [-0.3, -0.25) is 14.4 Å². The van der Waals surface area contributed by atoms with Gasteiger partial charge in [0.25, 0.3) is 11.8 Å². The molecule has 7 rings (SSSR count). The SMILES string of the molecule is CS(=O)(=O)NC(=O)c1ccc2c(C3CCCCC3)c3n(c2c1)CC(C(=O)N1CCC(N2CCCC2=O)CC1)=Cc1ccccc1-3. The summed E-state index contributed by atoms with van der Waals surface area (Å²) in [5, 5.41) is 1.05. The Balaban J connectivity index is 1.30. The van der Waals surface area contributed by atoms with Crippen LogP contribution in [0, 0.1) is 0 Å². The summed E-state index contributed by atoms with van der Waals surface area (Å²) in [5.74, 6) is -0.0932. The normalized spacial score (nSPS) is 19.7. The van der Waals surface area contributed by atoms with Crippen molar-refractivity contribution in [2.75, 3.05) is 25.9 Å². The van der Waals surface area contributed by atoms with Gasteiger partial charge < -0.3 is 14.4 Å². The second-order valence-electron chi connectivity index (χ2n) is 13.1. The Labute approximate surface area is 264 Å². The molecule has 1 aromatic heterocycles. The third-order valence-electron chi connectivity index (χ3n) is 10.1. The molecule has 2 aromatic carbocycles. The molecule has 1 aliphatic carbocycles. The van der Waals surface area contributed by atoms with Crippen LogP contribution >= 0.6 is 0 Å². The fraction of sp³-hybridized carbons (Fsp3) is 0.457. The molecule has 4 heterocycles. The van der Waals surface area contributed by atoms with E-state index in [-0.39, 0.29) is 23.4 Å². The van der Waals surface area contributed by atoms with Gasteiger partial charge in [0.2, 0.25) is 15.9 Å². The van der Waals surface area contributed by atoms with Crippen molar-refractivity contribution in [3.8, 4) is 11.3 Å². The molecule has 4 aliphatic rings. The monoisotopic (exact) mass is 628 g/mol. The molecular formula is C35H40N4O5S. The van der Waals surface area contributed by atoms with Gasteiger partial charge in [-0.25, -0.2) is 13.1 Å². The molecule has 3 fully saturated rings. The van der Waals surface area contributed by atoms with E-state index in [0.29, 0.717) is 37.5 Å². The van der Waals surface area contributed by atoms with Crippen LogP contribution in [-0.2, 0) is 26.2 Å². The van der Waals surface area contributed by atoms with E-state index in [1.807, 2.05) is 34.1 Å². The maximum Gasteiger partial charge on any atom is 0.264 e. The van der Waals surface area contributed by atoms with Crippen LogP contribution in [-0.4, -0.2) is 72.4 Å². The quantitative estimate of drug-likeness (QED) is 0.425. The van der Waals surface area contributed by atoms with E-state index in [4.69, 9.17) is 0 Å². The number of likely N-dealkylation sites (tertiary alicyclic amines) is 2. The zero-order chi connectivity index (χ0) is 31.3. The van der Waals surface area contributed by atoms with E-state index in [1.54, 1.807) is 12.1 Å². The third-order valence-corrected chi connectivity index (χ3v) is 10.7. The van der Waals surface area contributed by atoms with Crippen molar-refractivity contribution >= 4 is 44.7 Å². The van der Waals surface area contributed by atoms with Gasteiger partial charge in [-0.05, 0) is 67.4 Å². The molecule has 0 atom stereocenters. The summed E-state index contributed by atoms with van der Waals surface area (Å²) >= 11 is 0. The zero-order valence-electron chi connectivity index (χ0n) is 25.8. The Morgan fingerprint density at radius 1 is 0.911 bits per heavy atom. The number of piperidine rings is 1. The Morgan fingerprint density at radius 2 is 1.67 bits per heavy atom. The highest BCUT2D eigenvalue weighted by Crippen LogP contribution is 2.46. The maximum atomic E-state index is 14.2. The number of rotatable bonds is 5. The van der Waals surface area contributed by atoms with Gasteiger partial charge in [-0.15, -0.1) is 0 Å². The van der Waals surface area contributed by atoms with Crippen LogP contribution in [0.5, 0.6) is 0 Å². The van der Waals surface area contributed by atoms with Gasteiger partial charge in [-0.1, -0.05) is 49.6 Å². The highest BCUT2D eigenvalue weighted by atomic mass is 32.2. The average molecular weight is 629 g/mol. The summed E-state index contributed by atoms with van der Waals surface area (Å²) in [6.45, 7) is 2.37. The van der Waals surface area contributed by atoms with Gasteiger partial charge in [0.05, 0.1) is 18.5 Å². The Hall–Kier alpha value is -3.92. The van der Waals surface area contributed by atoms with Gasteiger partial charge in [0, 0.05) is 59.7 Å². The lowest BCUT2D eigenvalue weighted by atomic mass is 9.81. The van der Waals surface area contributed by atoms with Gasteiger partial charge in [-0.2, -0.15) is 0 Å². The molecule has 0 radical (unpaired) electrons. The minimum atomic E-state index is -3.73. The average Bonchev–Trinajstić information content (AvgIpc) is 3.55. The number of nitrogens with one attached hydrogen (secondary N) is 1. The minimum Gasteiger partial charge on any atom is -0.340 e. The first-order chi connectivity index (χ1) is 21.7. The van der Waals surface area contributed by atoms with Crippen molar-refractivity contribution in [2.45, 2.75) is 76.3 Å². The lowest BCUT2D eigenvalue weighted by Crippen LogP contribution is -2.47. The fourth-order valence-electron chi connectivity index (χ4n) is 8.01. The Kier molecular flexibility index (Phi) is 7.79. The van der Waals surface area contributed by atoms with Crippen LogP contribution in [0.3, 0.4) is 0 Å². The zero-order valence-corrected chi connectivity index (χ0v) is 26.6. The number of benzene rings is 2. The lowest BCUT2D eigenvalue weighted by molar-refractivity contribution is -0.132. The molecule has 10 heteroatoms. The molecule has 3 aliphatic heterocycles. The van der Waals surface area contributed by atoms with Crippen molar-refractivity contribution in [2.24, 2.45) is 0 Å². The number of amides is 3. The number of sulfonamides is 1. The predicted octanol–water partition coefficient (Wildman–Crippen LogP) is 5.06. The molecule has 3 aromatic rings. The van der Waals surface area contributed by atoms with Crippen molar-refractivity contribution in [1.82, 2.24) is 19.1 Å². The molecule has 236 valence electrons. The number of carbonyl (C=O) groups is 3. The largest absolute Gasteiger partial charge is 0.340 e. The predicted molar refractivity (Wildman–Crippen MR) is 174 cm³/mol. The maximum absolute atomic E-state index is 14.2. The number of hydrogen-bond acceptors (Lipinski definition) is 5. The van der Waals surface area contributed by atoms with E-state index in [2.05, 4.69) is 21.4 Å². The first-order valence-electron chi connectivity index (χ1n) is 16.2. The second-order valence-corrected chi connectivity index (χ2v) is 14.8. The number of fused-ring (bicyclic) bond motifs is 5. The van der Waals surface area contributed by atoms with Crippen LogP contribution < -0.4 is 4.72 Å². The fourth-order valence-corrected chi connectivity index (χ4v) is 8.47. The highest BCUT2D eigenvalue weighted by molar-refractivity contribution is 7.89. The number of hydrogen-bond donors (Lipinski definition) is 1. The van der Waals surface area contributed by atoms with Crippen molar-refractivity contribution in [1.29, 1.82) is 0 Å². The molecule has 0 bridgehead atoms. The lowest BCUT2D eigenvalue weighted by Gasteiger charge is -2.37. The second kappa shape index (κ2) is 11.8. The van der Waals surface area contributed by atoms with Gasteiger partial charge in [0.1, 0.15) is 0 Å². The highest BCUT2D eigenvalue weighted by Gasteiger charge is 2.35. The summed E-state index contributed by atoms with van der Waals surface area (Å²) < 4.78 is 28.0. The summed E-state index contributed by atoms with van der Waals surface area (Å²) in [7, 11) is -3.73. The van der Waals surface area contributed by atoms with Gasteiger partial charge >= 0.3 is 0 Å². The number of aromatic nitrogens is 1. The van der Waals surface area contributed by atoms with E-state index < -0.39 is 15.9 Å². The van der Waals surface area contributed by atoms with E-state index in [0.717, 1.165) is 85.5 Å². The van der Waals surface area contributed by atoms with Crippen molar-refractivity contribution < 1.29 is 22.8 Å². The van der Waals surface area contributed by atoms with E-state index in [9.17, 15) is 22.8 Å². The summed E-state index contributed by atoms with van der Waals surface area (Å²) in [5.41, 5.74) is 6.15. The molecule has 1 N–H and O–H groups in total. The standard InChI is InChI=1S/C35H40N4O5S/c1-45(43,44)36-34(41)25-13-14-29-30(21-25)39-22-26(35(42)37-18-15-27(16-19-37)38-17-7-12-31(38)40)20-24-10-5-6-11-28(24)33(39)32(29)23-8-3-2-4-9-23/h5-6,10-11,13-14,20-21,23,27H,2-4,7-9,12,15-19,22H2,1H3,(H,36,41). The summed E-state index contributed by atoms with van der Waals surface area (Å²) in [6.07, 6.45) is 11.8. The Morgan fingerprint density at radius 3 is 2.38 bits per heavy atom. The van der Waals surface area contributed by atoms with Crippen molar-refractivity contribution in [3.63, 3.8) is 0 Å². The van der Waals surface area contributed by atoms with Crippen LogP contribution in [0.1, 0.15) is 85.2 Å². The molecule has 0 spiro atoms. The van der Waals surface area contributed by atoms with Crippen LogP contribution in [0.15, 0.2) is 48.0 Å². The van der Waals surface area contributed by atoms with Crippen LogP contribution in [0.4, 0.5) is 0 Å². The smallest absolute Gasteiger partial charge is 0.264 e. The van der Waals surface area contributed by atoms with Gasteiger partial charge in [0.15, 0.2) is 0 Å². The van der Waals surface area contributed by atoms with E-state index >= 15 is 0 Å². The molecule has 2 saturated heterocycles. The first kappa shape index (κ1) is 29.8. The van der Waals surface area contributed by atoms with Crippen molar-refractivity contribution in [3.05, 3.63) is 64.7 Å². The molecule has 1 saturated carbocycles. The molecule has 9 nitrogen and oxygen atoms in total. The molecule has 3 amide bonds. The summed E-state index contributed by atoms with van der Waals surface area (Å²) in [6, 6.07) is 13.9. The number of carbonyl (C=O) groups excluding carboxylic acids is 3. The van der Waals surface area contributed by atoms with Crippen LogP contribution in [0.25, 0.3) is 28.2 Å². The Bertz CT molecular complexity index is 1830.